The molecule has 0 fully saturated rings. The van der Waals surface area contributed by atoms with Crippen LogP contribution in [0.3, 0.4) is 0 Å². The van der Waals surface area contributed by atoms with Crippen molar-refractivity contribution in [2.24, 2.45) is 0 Å². The lowest BCUT2D eigenvalue weighted by molar-refractivity contribution is -0.142. The average Bonchev–Trinajstić information content (AvgIpc) is 3.05. The summed E-state index contributed by atoms with van der Waals surface area (Å²) in [7, 11) is 3.74. The van der Waals surface area contributed by atoms with Gasteiger partial charge in [0.15, 0.2) is 0 Å². The second-order valence-electron chi connectivity index (χ2n) is 6.28. The molecule has 0 atom stereocenters. The highest BCUT2D eigenvalue weighted by atomic mass is 19.4. The Balaban J connectivity index is 1.77. The Morgan fingerprint density at radius 2 is 2.00 bits per heavy atom. The van der Waals surface area contributed by atoms with Crippen LogP contribution in [0.25, 0.3) is 10.9 Å². The number of carbonyl (C=O) groups excluding carboxylic acids is 1. The minimum absolute atomic E-state index is 0.0745. The fraction of sp³-hybridized carbons (Fsp3) is 0.278. The minimum Gasteiger partial charge on any atom is -0.363 e. The third-order valence-electron chi connectivity index (χ3n) is 3.92. The van der Waals surface area contributed by atoms with E-state index in [2.05, 4.69) is 15.4 Å². The van der Waals surface area contributed by atoms with Crippen molar-refractivity contribution in [3.05, 3.63) is 53.9 Å². The van der Waals surface area contributed by atoms with Crippen LogP contribution in [0.4, 0.5) is 19.0 Å². The Morgan fingerprint density at radius 1 is 1.26 bits per heavy atom. The van der Waals surface area contributed by atoms with E-state index < -0.39 is 18.6 Å². The Morgan fingerprint density at radius 3 is 2.70 bits per heavy atom. The molecule has 2 aromatic heterocycles. The number of rotatable bonds is 5. The van der Waals surface area contributed by atoms with Crippen LogP contribution in [0.15, 0.2) is 42.7 Å². The van der Waals surface area contributed by atoms with Crippen LogP contribution in [0.2, 0.25) is 0 Å². The van der Waals surface area contributed by atoms with Crippen molar-refractivity contribution in [2.75, 3.05) is 19.0 Å². The first-order valence-corrected chi connectivity index (χ1v) is 8.16. The molecule has 0 aliphatic heterocycles. The number of carbonyl (C=O) groups is 1. The van der Waals surface area contributed by atoms with Gasteiger partial charge < -0.3 is 10.2 Å². The molecule has 0 saturated heterocycles. The maximum absolute atomic E-state index is 12.4. The van der Waals surface area contributed by atoms with Gasteiger partial charge in [-0.25, -0.2) is 4.98 Å². The van der Waals surface area contributed by atoms with Crippen molar-refractivity contribution < 1.29 is 18.0 Å². The first-order valence-electron chi connectivity index (χ1n) is 8.16. The number of hydrogen-bond donors (Lipinski definition) is 1. The normalized spacial score (nSPS) is 11.6. The summed E-state index contributed by atoms with van der Waals surface area (Å²) in [5.74, 6) is 0.256. The zero-order valence-corrected chi connectivity index (χ0v) is 14.8. The Labute approximate surface area is 153 Å². The molecule has 2 heterocycles. The number of nitrogens with zero attached hydrogens (tertiary/aromatic N) is 4. The summed E-state index contributed by atoms with van der Waals surface area (Å²) >= 11 is 0. The maximum Gasteiger partial charge on any atom is 0.408 e. The largest absolute Gasteiger partial charge is 0.408 e. The van der Waals surface area contributed by atoms with E-state index in [0.29, 0.717) is 4.68 Å². The van der Waals surface area contributed by atoms with E-state index >= 15 is 0 Å². The highest BCUT2D eigenvalue weighted by Crippen LogP contribution is 2.22. The number of halogens is 3. The zero-order chi connectivity index (χ0) is 19.6. The molecular formula is C18H18F3N5O. The second-order valence-corrected chi connectivity index (χ2v) is 6.28. The van der Waals surface area contributed by atoms with Crippen LogP contribution in [-0.4, -0.2) is 40.9 Å². The van der Waals surface area contributed by atoms with Crippen LogP contribution < -0.4 is 10.2 Å². The van der Waals surface area contributed by atoms with Crippen LogP contribution in [0, 0.1) is 0 Å². The average molecular weight is 377 g/mol. The van der Waals surface area contributed by atoms with Gasteiger partial charge in [-0.05, 0) is 17.7 Å². The van der Waals surface area contributed by atoms with Gasteiger partial charge in [0.1, 0.15) is 12.4 Å². The van der Waals surface area contributed by atoms with Gasteiger partial charge >= 0.3 is 6.18 Å². The van der Waals surface area contributed by atoms with Crippen molar-refractivity contribution in [3.63, 3.8) is 0 Å². The van der Waals surface area contributed by atoms with Gasteiger partial charge in [0.05, 0.1) is 17.3 Å². The molecule has 1 aromatic carbocycles. The Hall–Kier alpha value is -3.10. The first-order chi connectivity index (χ1) is 12.7. The minimum atomic E-state index is -4.39. The lowest BCUT2D eigenvalue weighted by Crippen LogP contribution is -2.23. The Kier molecular flexibility index (Phi) is 5.02. The number of fused-ring (bicyclic) bond motifs is 1. The van der Waals surface area contributed by atoms with Gasteiger partial charge in [-0.15, -0.1) is 0 Å². The summed E-state index contributed by atoms with van der Waals surface area (Å²) in [6, 6.07) is 9.42. The molecule has 1 amide bonds. The predicted octanol–water partition coefficient (Wildman–Crippen LogP) is 2.99. The van der Waals surface area contributed by atoms with E-state index in [4.69, 9.17) is 0 Å². The number of aromatic nitrogens is 3. The molecule has 3 rings (SSSR count). The molecule has 0 unspecified atom stereocenters. The molecule has 9 heteroatoms. The SMILES string of the molecule is CN(C)c1cc(CNC(=O)c2cnn(CC(F)(F)F)c2)c2ccccc2n1. The molecule has 0 aliphatic carbocycles. The lowest BCUT2D eigenvalue weighted by atomic mass is 10.1. The number of nitrogens with one attached hydrogen (secondary N) is 1. The monoisotopic (exact) mass is 377 g/mol. The third kappa shape index (κ3) is 4.55. The van der Waals surface area contributed by atoms with Crippen LogP contribution >= 0.6 is 0 Å². The first kappa shape index (κ1) is 18.7. The number of anilines is 1. The van der Waals surface area contributed by atoms with E-state index in [1.165, 1.54) is 0 Å². The molecule has 27 heavy (non-hydrogen) atoms. The van der Waals surface area contributed by atoms with E-state index in [-0.39, 0.29) is 12.1 Å². The van der Waals surface area contributed by atoms with Crippen molar-refractivity contribution in [1.29, 1.82) is 0 Å². The predicted molar refractivity (Wildman–Crippen MR) is 95.5 cm³/mol. The summed E-state index contributed by atoms with van der Waals surface area (Å²) in [5, 5.41) is 7.21. The molecule has 0 saturated carbocycles. The number of pyridine rings is 1. The highest BCUT2D eigenvalue weighted by molar-refractivity contribution is 5.94. The zero-order valence-electron chi connectivity index (χ0n) is 14.8. The molecule has 0 radical (unpaired) electrons. The standard InChI is InChI=1S/C18H18F3N5O/c1-25(2)16-7-12(14-5-3-4-6-15(14)24-16)8-22-17(27)13-9-23-26(10-13)11-18(19,20)21/h3-7,9-10H,8,11H2,1-2H3,(H,22,27). The highest BCUT2D eigenvalue weighted by Gasteiger charge is 2.28. The number of benzene rings is 1. The van der Waals surface area contributed by atoms with Gasteiger partial charge in [0.2, 0.25) is 0 Å². The smallest absolute Gasteiger partial charge is 0.363 e. The fourth-order valence-electron chi connectivity index (χ4n) is 2.64. The number of alkyl halides is 3. The van der Waals surface area contributed by atoms with E-state index in [0.717, 1.165) is 34.7 Å². The summed E-state index contributed by atoms with van der Waals surface area (Å²) in [6.45, 7) is -1.02. The summed E-state index contributed by atoms with van der Waals surface area (Å²) in [6.07, 6.45) is -2.19. The van der Waals surface area contributed by atoms with Crippen molar-refractivity contribution in [2.45, 2.75) is 19.3 Å². The van der Waals surface area contributed by atoms with E-state index in [1.54, 1.807) is 0 Å². The van der Waals surface area contributed by atoms with Gasteiger partial charge in [-0.1, -0.05) is 18.2 Å². The number of amides is 1. The molecule has 6 nitrogen and oxygen atoms in total. The van der Waals surface area contributed by atoms with Gasteiger partial charge in [-0.2, -0.15) is 18.3 Å². The molecule has 1 N–H and O–H groups in total. The van der Waals surface area contributed by atoms with Crippen LogP contribution in [-0.2, 0) is 13.1 Å². The van der Waals surface area contributed by atoms with Crippen molar-refractivity contribution in [3.8, 4) is 0 Å². The molecule has 3 aromatic rings. The maximum atomic E-state index is 12.4. The van der Waals surface area contributed by atoms with Crippen LogP contribution in [0.1, 0.15) is 15.9 Å². The Bertz CT molecular complexity index is 965. The van der Waals surface area contributed by atoms with Gasteiger partial charge in [0.25, 0.3) is 5.91 Å². The van der Waals surface area contributed by atoms with Gasteiger partial charge in [0, 0.05) is 32.2 Å². The number of hydrogen-bond acceptors (Lipinski definition) is 4. The van der Waals surface area contributed by atoms with E-state index in [9.17, 15) is 18.0 Å². The van der Waals surface area contributed by atoms with Crippen molar-refractivity contribution >= 4 is 22.6 Å². The quantitative estimate of drug-likeness (QED) is 0.743. The molecule has 0 spiro atoms. The van der Waals surface area contributed by atoms with Crippen molar-refractivity contribution in [1.82, 2.24) is 20.1 Å². The van der Waals surface area contributed by atoms with E-state index in [1.807, 2.05) is 49.3 Å². The van der Waals surface area contributed by atoms with Crippen LogP contribution in [0.5, 0.6) is 0 Å². The third-order valence-corrected chi connectivity index (χ3v) is 3.92. The molecule has 142 valence electrons. The number of para-hydroxylation sites is 1. The lowest BCUT2D eigenvalue weighted by Gasteiger charge is -2.15. The molecular weight excluding hydrogens is 359 g/mol. The van der Waals surface area contributed by atoms with Gasteiger partial charge in [-0.3, -0.25) is 9.48 Å². The second kappa shape index (κ2) is 7.26. The summed E-state index contributed by atoms with van der Waals surface area (Å²) in [4.78, 5) is 18.7. The molecule has 0 aliphatic rings. The topological polar surface area (TPSA) is 63.1 Å². The fourth-order valence-corrected chi connectivity index (χ4v) is 2.64. The summed E-state index contributed by atoms with van der Waals surface area (Å²) in [5.41, 5.74) is 1.73. The summed E-state index contributed by atoms with van der Waals surface area (Å²) < 4.78 is 37.9. The molecule has 0 bridgehead atoms.